The monoisotopic (exact) mass is 358 g/mol. The van der Waals surface area contributed by atoms with Crippen LogP contribution in [0.15, 0.2) is 22.7 Å². The highest BCUT2D eigenvalue weighted by molar-refractivity contribution is 9.10. The molecule has 0 aromatic heterocycles. The minimum absolute atomic E-state index is 0.233. The van der Waals surface area contributed by atoms with E-state index >= 15 is 0 Å². The number of benzene rings is 1. The molecule has 1 aliphatic rings. The standard InChI is InChI=1S/C16H24BrClN2/c1-2-5-13-6-3-4-9-20(13)16(11-19)14-10-12(17)7-8-15(14)18/h7-8,10,13,16H,2-6,9,11,19H2,1H3. The molecule has 0 bridgehead atoms. The molecule has 1 fully saturated rings. The van der Waals surface area contributed by atoms with Gasteiger partial charge in [0, 0.05) is 28.1 Å². The molecule has 0 radical (unpaired) electrons. The summed E-state index contributed by atoms with van der Waals surface area (Å²) in [5.41, 5.74) is 7.26. The number of nitrogens with zero attached hydrogens (tertiary/aromatic N) is 1. The average Bonchev–Trinajstić information content (AvgIpc) is 2.45. The zero-order chi connectivity index (χ0) is 14.5. The highest BCUT2D eigenvalue weighted by Gasteiger charge is 2.29. The summed E-state index contributed by atoms with van der Waals surface area (Å²) < 4.78 is 1.07. The maximum atomic E-state index is 6.41. The molecule has 4 heteroatoms. The van der Waals surface area contributed by atoms with Crippen LogP contribution in [-0.2, 0) is 0 Å². The highest BCUT2D eigenvalue weighted by Crippen LogP contribution is 2.34. The van der Waals surface area contributed by atoms with E-state index in [9.17, 15) is 0 Å². The minimum atomic E-state index is 0.233. The molecular formula is C16H24BrClN2. The van der Waals surface area contributed by atoms with Gasteiger partial charge in [-0.3, -0.25) is 4.90 Å². The van der Waals surface area contributed by atoms with Crippen LogP contribution in [0, 0.1) is 0 Å². The smallest absolute Gasteiger partial charge is 0.0488 e. The molecule has 2 atom stereocenters. The lowest BCUT2D eigenvalue weighted by Crippen LogP contribution is -2.44. The minimum Gasteiger partial charge on any atom is -0.329 e. The molecule has 2 rings (SSSR count). The third kappa shape index (κ3) is 3.76. The van der Waals surface area contributed by atoms with Crippen molar-refractivity contribution in [2.75, 3.05) is 13.1 Å². The molecule has 2 N–H and O–H groups in total. The Kier molecular flexibility index (Phi) is 6.34. The summed E-state index contributed by atoms with van der Waals surface area (Å²) in [4.78, 5) is 2.58. The van der Waals surface area contributed by atoms with E-state index < -0.39 is 0 Å². The van der Waals surface area contributed by atoms with Crippen LogP contribution in [0.2, 0.25) is 5.02 Å². The molecule has 0 amide bonds. The lowest BCUT2D eigenvalue weighted by atomic mass is 9.93. The number of halogens is 2. The Morgan fingerprint density at radius 2 is 2.25 bits per heavy atom. The number of hydrogen-bond acceptors (Lipinski definition) is 2. The quantitative estimate of drug-likeness (QED) is 0.821. The SMILES string of the molecule is CCCC1CCCCN1C(CN)c1cc(Br)ccc1Cl. The maximum Gasteiger partial charge on any atom is 0.0488 e. The zero-order valence-corrected chi connectivity index (χ0v) is 14.5. The van der Waals surface area contributed by atoms with Gasteiger partial charge in [0.25, 0.3) is 0 Å². The van der Waals surface area contributed by atoms with Gasteiger partial charge in [-0.15, -0.1) is 0 Å². The van der Waals surface area contributed by atoms with Crippen LogP contribution in [0.25, 0.3) is 0 Å². The topological polar surface area (TPSA) is 29.3 Å². The number of rotatable bonds is 5. The molecule has 2 unspecified atom stereocenters. The molecule has 20 heavy (non-hydrogen) atoms. The Hall–Kier alpha value is -0.0900. The van der Waals surface area contributed by atoms with Crippen molar-refractivity contribution in [3.63, 3.8) is 0 Å². The van der Waals surface area contributed by atoms with Crippen LogP contribution < -0.4 is 5.73 Å². The Morgan fingerprint density at radius 1 is 1.45 bits per heavy atom. The predicted molar refractivity (Wildman–Crippen MR) is 90.2 cm³/mol. The first kappa shape index (κ1) is 16.3. The second kappa shape index (κ2) is 7.79. The fourth-order valence-corrected chi connectivity index (χ4v) is 3.91. The van der Waals surface area contributed by atoms with E-state index in [2.05, 4.69) is 33.8 Å². The van der Waals surface area contributed by atoms with E-state index in [-0.39, 0.29) is 6.04 Å². The van der Waals surface area contributed by atoms with Crippen LogP contribution in [0.4, 0.5) is 0 Å². The molecule has 112 valence electrons. The van der Waals surface area contributed by atoms with Crippen LogP contribution in [0.3, 0.4) is 0 Å². The lowest BCUT2D eigenvalue weighted by Gasteiger charge is -2.41. The first-order valence-corrected chi connectivity index (χ1v) is 8.75. The average molecular weight is 360 g/mol. The van der Waals surface area contributed by atoms with Crippen LogP contribution in [0.5, 0.6) is 0 Å². The number of piperidine rings is 1. The molecule has 0 aliphatic carbocycles. The molecule has 1 aliphatic heterocycles. The lowest BCUT2D eigenvalue weighted by molar-refractivity contribution is 0.0913. The Balaban J connectivity index is 2.27. The second-order valence-corrected chi connectivity index (χ2v) is 6.92. The first-order chi connectivity index (χ1) is 9.67. The van der Waals surface area contributed by atoms with Crippen molar-refractivity contribution in [1.29, 1.82) is 0 Å². The third-order valence-corrected chi connectivity index (χ3v) is 5.07. The summed E-state index contributed by atoms with van der Waals surface area (Å²) in [6.45, 7) is 4.02. The molecule has 0 spiro atoms. The van der Waals surface area contributed by atoms with E-state index in [0.717, 1.165) is 21.6 Å². The van der Waals surface area contributed by atoms with Gasteiger partial charge in [0.05, 0.1) is 0 Å². The summed E-state index contributed by atoms with van der Waals surface area (Å²) in [5, 5.41) is 0.824. The van der Waals surface area contributed by atoms with Crippen molar-refractivity contribution in [1.82, 2.24) is 4.90 Å². The van der Waals surface area contributed by atoms with Crippen LogP contribution >= 0.6 is 27.5 Å². The van der Waals surface area contributed by atoms with Crippen molar-refractivity contribution in [3.05, 3.63) is 33.3 Å². The predicted octanol–water partition coefficient (Wildman–Crippen LogP) is 4.76. The number of nitrogens with two attached hydrogens (primary N) is 1. The second-order valence-electron chi connectivity index (χ2n) is 5.59. The molecule has 1 aromatic carbocycles. The van der Waals surface area contributed by atoms with Crippen LogP contribution in [0.1, 0.15) is 50.6 Å². The van der Waals surface area contributed by atoms with Crippen molar-refractivity contribution in [3.8, 4) is 0 Å². The van der Waals surface area contributed by atoms with Gasteiger partial charge in [-0.2, -0.15) is 0 Å². The van der Waals surface area contributed by atoms with E-state index in [1.807, 2.05) is 12.1 Å². The van der Waals surface area contributed by atoms with Gasteiger partial charge in [-0.25, -0.2) is 0 Å². The number of likely N-dealkylation sites (tertiary alicyclic amines) is 1. The first-order valence-electron chi connectivity index (χ1n) is 7.58. The Morgan fingerprint density at radius 3 is 2.95 bits per heavy atom. The van der Waals surface area contributed by atoms with Crippen LogP contribution in [-0.4, -0.2) is 24.0 Å². The van der Waals surface area contributed by atoms with Gasteiger partial charge in [-0.05, 0) is 49.6 Å². The maximum absolute atomic E-state index is 6.41. The summed E-state index contributed by atoms with van der Waals surface area (Å²) in [5.74, 6) is 0. The molecule has 1 saturated heterocycles. The van der Waals surface area contributed by atoms with Gasteiger partial charge < -0.3 is 5.73 Å². The Labute approximate surface area is 135 Å². The fraction of sp³-hybridized carbons (Fsp3) is 0.625. The Bertz CT molecular complexity index is 436. The molecule has 1 heterocycles. The van der Waals surface area contributed by atoms with Crippen molar-refractivity contribution in [2.45, 2.75) is 51.1 Å². The summed E-state index contributed by atoms with van der Waals surface area (Å²) in [6, 6.07) is 6.95. The van der Waals surface area contributed by atoms with Gasteiger partial charge in [0.2, 0.25) is 0 Å². The molecule has 2 nitrogen and oxygen atoms in total. The van der Waals surface area contributed by atoms with Gasteiger partial charge in [0.15, 0.2) is 0 Å². The van der Waals surface area contributed by atoms with E-state index in [1.165, 1.54) is 32.1 Å². The van der Waals surface area contributed by atoms with Crippen molar-refractivity contribution < 1.29 is 0 Å². The largest absolute Gasteiger partial charge is 0.329 e. The van der Waals surface area contributed by atoms with Gasteiger partial charge in [-0.1, -0.05) is 47.3 Å². The van der Waals surface area contributed by atoms with E-state index in [0.29, 0.717) is 12.6 Å². The summed E-state index contributed by atoms with van der Waals surface area (Å²) in [7, 11) is 0. The van der Waals surface area contributed by atoms with E-state index in [1.54, 1.807) is 0 Å². The van der Waals surface area contributed by atoms with E-state index in [4.69, 9.17) is 17.3 Å². The zero-order valence-electron chi connectivity index (χ0n) is 12.1. The molecule has 0 saturated carbocycles. The number of hydrogen-bond donors (Lipinski definition) is 1. The normalized spacial score (nSPS) is 21.9. The van der Waals surface area contributed by atoms with Gasteiger partial charge >= 0.3 is 0 Å². The molecule has 1 aromatic rings. The fourth-order valence-electron chi connectivity index (χ4n) is 3.29. The summed E-state index contributed by atoms with van der Waals surface area (Å²) >= 11 is 9.96. The third-order valence-electron chi connectivity index (χ3n) is 4.24. The summed E-state index contributed by atoms with van der Waals surface area (Å²) in [6.07, 6.45) is 6.37. The van der Waals surface area contributed by atoms with Gasteiger partial charge in [0.1, 0.15) is 0 Å². The molecular weight excluding hydrogens is 336 g/mol. The highest BCUT2D eigenvalue weighted by atomic mass is 79.9. The van der Waals surface area contributed by atoms with Crippen molar-refractivity contribution >= 4 is 27.5 Å². The van der Waals surface area contributed by atoms with Crippen molar-refractivity contribution in [2.24, 2.45) is 5.73 Å².